The Kier molecular flexibility index (Phi) is 4.81. The highest BCUT2D eigenvalue weighted by atomic mass is 14.2. The van der Waals surface area contributed by atoms with Crippen LogP contribution in [0, 0.1) is 0 Å². The van der Waals surface area contributed by atoms with Gasteiger partial charge in [-0.05, 0) is 98.0 Å². The van der Waals surface area contributed by atoms with Crippen molar-refractivity contribution in [2.45, 2.75) is 0 Å². The van der Waals surface area contributed by atoms with Crippen LogP contribution in [-0.4, -0.2) is 0 Å². The molecule has 0 aromatic heterocycles. The Morgan fingerprint density at radius 2 is 0.591 bits per heavy atom. The van der Waals surface area contributed by atoms with Crippen molar-refractivity contribution >= 4 is 64.6 Å². The normalized spacial score (nSPS) is 12.1. The lowest BCUT2D eigenvalue weighted by molar-refractivity contribution is 1.59. The Balaban J connectivity index is 1.13. The average molecular weight is 555 g/mol. The number of hydrogen-bond donors (Lipinski definition) is 0. The van der Waals surface area contributed by atoms with Gasteiger partial charge in [0.2, 0.25) is 0 Å². The van der Waals surface area contributed by atoms with E-state index in [2.05, 4.69) is 158 Å². The van der Waals surface area contributed by atoms with Gasteiger partial charge in [-0.2, -0.15) is 0 Å². The van der Waals surface area contributed by atoms with E-state index in [4.69, 9.17) is 0 Å². The summed E-state index contributed by atoms with van der Waals surface area (Å²) in [6.45, 7) is 0. The summed E-state index contributed by atoms with van der Waals surface area (Å²) in [6, 6.07) is 58.6. The fourth-order valence-corrected chi connectivity index (χ4v) is 7.76. The highest BCUT2D eigenvalue weighted by Gasteiger charge is 2.16. The Hall–Kier alpha value is -5.72. The SMILES string of the molecule is c1ccc(-c2ccc3ccc4cccc5ccc2c3c45)c(-c2ccc(-c3ccc4ccc5cccc6ccc3c4c56)cc2)c1. The zero-order valence-corrected chi connectivity index (χ0v) is 24.0. The van der Waals surface area contributed by atoms with Gasteiger partial charge in [0.05, 0.1) is 0 Å². The van der Waals surface area contributed by atoms with Crippen molar-refractivity contribution in [3.05, 3.63) is 158 Å². The van der Waals surface area contributed by atoms with E-state index >= 15 is 0 Å². The molecule has 0 saturated carbocycles. The maximum Gasteiger partial charge on any atom is -0.00206 e. The van der Waals surface area contributed by atoms with E-state index in [0.29, 0.717) is 0 Å². The fraction of sp³-hybridized carbons (Fsp3) is 0. The van der Waals surface area contributed by atoms with Crippen LogP contribution in [0.15, 0.2) is 158 Å². The van der Waals surface area contributed by atoms with Crippen LogP contribution < -0.4 is 0 Å². The van der Waals surface area contributed by atoms with Gasteiger partial charge in [0.15, 0.2) is 0 Å². The molecule has 0 nitrogen and oxygen atoms in total. The van der Waals surface area contributed by atoms with E-state index in [0.717, 1.165) is 0 Å². The minimum atomic E-state index is 1.23. The first-order chi connectivity index (χ1) is 21.8. The van der Waals surface area contributed by atoms with Gasteiger partial charge >= 0.3 is 0 Å². The highest BCUT2D eigenvalue weighted by molar-refractivity contribution is 6.27. The summed E-state index contributed by atoms with van der Waals surface area (Å²) < 4.78 is 0. The predicted octanol–water partition coefficient (Wildman–Crippen LogP) is 12.5. The second-order valence-corrected chi connectivity index (χ2v) is 12.1. The second kappa shape index (κ2) is 8.89. The molecule has 0 aliphatic carbocycles. The molecule has 0 bridgehead atoms. The lowest BCUT2D eigenvalue weighted by Crippen LogP contribution is -1.90. The van der Waals surface area contributed by atoms with Gasteiger partial charge in [-0.3, -0.25) is 0 Å². The van der Waals surface area contributed by atoms with Crippen LogP contribution in [0.25, 0.3) is 98.0 Å². The summed E-state index contributed by atoms with van der Waals surface area (Å²) in [4.78, 5) is 0. The molecule has 10 rings (SSSR count). The van der Waals surface area contributed by atoms with Crippen LogP contribution in [0.2, 0.25) is 0 Å². The second-order valence-electron chi connectivity index (χ2n) is 12.1. The Bertz CT molecular complexity index is 2660. The Morgan fingerprint density at radius 3 is 1.14 bits per heavy atom. The molecule has 202 valence electrons. The molecule has 0 heterocycles. The lowest BCUT2D eigenvalue weighted by atomic mass is 9.87. The molecule has 0 radical (unpaired) electrons. The van der Waals surface area contributed by atoms with Crippen molar-refractivity contribution in [1.82, 2.24) is 0 Å². The summed E-state index contributed by atoms with van der Waals surface area (Å²) >= 11 is 0. The highest BCUT2D eigenvalue weighted by Crippen LogP contribution is 2.43. The average Bonchev–Trinajstić information content (AvgIpc) is 3.09. The molecule has 0 saturated heterocycles. The molecule has 0 aliphatic heterocycles. The summed E-state index contributed by atoms with van der Waals surface area (Å²) in [6.07, 6.45) is 0. The van der Waals surface area contributed by atoms with E-state index < -0.39 is 0 Å². The molecule has 0 N–H and O–H groups in total. The number of benzene rings is 10. The van der Waals surface area contributed by atoms with Gasteiger partial charge in [0, 0.05) is 0 Å². The maximum absolute atomic E-state index is 2.31. The minimum Gasteiger partial charge on any atom is -0.0616 e. The molecule has 0 aliphatic rings. The largest absolute Gasteiger partial charge is 0.0616 e. The number of hydrogen-bond acceptors (Lipinski definition) is 0. The van der Waals surface area contributed by atoms with Crippen LogP contribution in [0.1, 0.15) is 0 Å². The molecular weight excluding hydrogens is 528 g/mol. The molecule has 10 aromatic rings. The van der Waals surface area contributed by atoms with Gasteiger partial charge < -0.3 is 0 Å². The van der Waals surface area contributed by atoms with Gasteiger partial charge in [0.25, 0.3) is 0 Å². The van der Waals surface area contributed by atoms with E-state index in [-0.39, 0.29) is 0 Å². The zero-order valence-electron chi connectivity index (χ0n) is 24.0. The van der Waals surface area contributed by atoms with Gasteiger partial charge in [-0.25, -0.2) is 0 Å². The molecule has 0 amide bonds. The van der Waals surface area contributed by atoms with Crippen molar-refractivity contribution in [2.24, 2.45) is 0 Å². The fourth-order valence-electron chi connectivity index (χ4n) is 7.76. The first-order valence-electron chi connectivity index (χ1n) is 15.4. The van der Waals surface area contributed by atoms with E-state index in [1.807, 2.05) is 0 Å². The first kappa shape index (κ1) is 23.8. The van der Waals surface area contributed by atoms with Crippen molar-refractivity contribution in [2.75, 3.05) is 0 Å². The standard InChI is InChI=1S/C44H26/c1-2-10-37(38-24-20-34-18-16-30-6-4-8-32-22-26-40(38)44(34)42(30)32)35(9-1)27-11-13-28(14-12-27)36-23-19-33-17-15-29-5-3-7-31-21-25-39(36)43(33)41(29)31/h1-26H. The zero-order chi connectivity index (χ0) is 28.8. The van der Waals surface area contributed by atoms with Gasteiger partial charge in [0.1, 0.15) is 0 Å². The van der Waals surface area contributed by atoms with Crippen molar-refractivity contribution < 1.29 is 0 Å². The van der Waals surface area contributed by atoms with E-state index in [1.165, 1.54) is 98.0 Å². The van der Waals surface area contributed by atoms with Crippen LogP contribution in [0.4, 0.5) is 0 Å². The lowest BCUT2D eigenvalue weighted by Gasteiger charge is -2.17. The molecule has 0 atom stereocenters. The summed E-state index contributed by atoms with van der Waals surface area (Å²) in [5.74, 6) is 0. The quantitative estimate of drug-likeness (QED) is 0.191. The van der Waals surface area contributed by atoms with Crippen LogP contribution in [-0.2, 0) is 0 Å². The van der Waals surface area contributed by atoms with Crippen molar-refractivity contribution in [3.8, 4) is 33.4 Å². The summed E-state index contributed by atoms with van der Waals surface area (Å²) in [5.41, 5.74) is 7.55. The predicted molar refractivity (Wildman–Crippen MR) is 190 cm³/mol. The molecule has 0 unspecified atom stereocenters. The van der Waals surface area contributed by atoms with E-state index in [9.17, 15) is 0 Å². The molecular formula is C44H26. The van der Waals surface area contributed by atoms with Crippen molar-refractivity contribution in [1.29, 1.82) is 0 Å². The Labute approximate surface area is 255 Å². The van der Waals surface area contributed by atoms with Crippen LogP contribution >= 0.6 is 0 Å². The third kappa shape index (κ3) is 3.28. The van der Waals surface area contributed by atoms with E-state index in [1.54, 1.807) is 0 Å². The van der Waals surface area contributed by atoms with Gasteiger partial charge in [-0.15, -0.1) is 0 Å². The third-order valence-electron chi connectivity index (χ3n) is 9.78. The van der Waals surface area contributed by atoms with Crippen LogP contribution in [0.3, 0.4) is 0 Å². The molecule has 10 aromatic carbocycles. The topological polar surface area (TPSA) is 0 Å². The maximum atomic E-state index is 2.31. The minimum absolute atomic E-state index is 1.23. The third-order valence-corrected chi connectivity index (χ3v) is 9.78. The first-order valence-corrected chi connectivity index (χ1v) is 15.4. The number of rotatable bonds is 3. The Morgan fingerprint density at radius 1 is 0.205 bits per heavy atom. The summed E-state index contributed by atoms with van der Waals surface area (Å²) in [5, 5.41) is 15.9. The van der Waals surface area contributed by atoms with Gasteiger partial charge in [-0.1, -0.05) is 158 Å². The molecule has 0 fully saturated rings. The molecule has 0 heteroatoms. The molecule has 0 spiro atoms. The van der Waals surface area contributed by atoms with Crippen LogP contribution in [0.5, 0.6) is 0 Å². The van der Waals surface area contributed by atoms with Crippen molar-refractivity contribution in [3.63, 3.8) is 0 Å². The molecule has 44 heavy (non-hydrogen) atoms. The smallest absolute Gasteiger partial charge is 0.00206 e. The summed E-state index contributed by atoms with van der Waals surface area (Å²) in [7, 11) is 0. The monoisotopic (exact) mass is 554 g/mol.